The summed E-state index contributed by atoms with van der Waals surface area (Å²) in [5, 5.41) is 0.958. The van der Waals surface area contributed by atoms with Crippen LogP contribution in [0.25, 0.3) is 10.8 Å². The SMILES string of the molecule is CC(C)(C)NS(=O)(=O)c1cccc2c(N3C(=O)[C@@H]4[C@H]5CC[C@H](C(=O)C5)[C@@H]4C3=O)cccc12. The second-order valence-corrected chi connectivity index (χ2v) is 11.8. The van der Waals surface area contributed by atoms with Gasteiger partial charge in [0.05, 0.1) is 22.4 Å². The number of benzene rings is 2. The normalized spacial score (nSPS) is 28.0. The topological polar surface area (TPSA) is 101 Å². The van der Waals surface area contributed by atoms with Crippen molar-refractivity contribution in [2.24, 2.45) is 23.7 Å². The Labute approximate surface area is 187 Å². The van der Waals surface area contributed by atoms with Gasteiger partial charge in [0.1, 0.15) is 5.78 Å². The van der Waals surface area contributed by atoms with E-state index < -0.39 is 27.4 Å². The maximum absolute atomic E-state index is 13.4. The van der Waals surface area contributed by atoms with E-state index in [2.05, 4.69) is 4.72 Å². The molecule has 168 valence electrons. The Morgan fingerprint density at radius 3 is 2.25 bits per heavy atom. The molecule has 0 unspecified atom stereocenters. The summed E-state index contributed by atoms with van der Waals surface area (Å²) >= 11 is 0. The lowest BCUT2D eigenvalue weighted by atomic mass is 9.59. The minimum atomic E-state index is -3.83. The predicted octanol–water partition coefficient (Wildman–Crippen LogP) is 3.02. The molecule has 3 aliphatic carbocycles. The van der Waals surface area contributed by atoms with Crippen LogP contribution in [0.5, 0.6) is 0 Å². The number of ketones is 1. The minimum Gasteiger partial charge on any atom is -0.299 e. The Balaban J connectivity index is 1.63. The van der Waals surface area contributed by atoms with Crippen LogP contribution in [0.2, 0.25) is 0 Å². The zero-order valence-corrected chi connectivity index (χ0v) is 19.1. The van der Waals surface area contributed by atoms with E-state index in [0.29, 0.717) is 29.3 Å². The van der Waals surface area contributed by atoms with Gasteiger partial charge in [-0.25, -0.2) is 18.0 Å². The van der Waals surface area contributed by atoms with Crippen molar-refractivity contribution in [3.8, 4) is 0 Å². The van der Waals surface area contributed by atoms with E-state index >= 15 is 0 Å². The Morgan fingerprint density at radius 2 is 1.56 bits per heavy atom. The van der Waals surface area contributed by atoms with Crippen LogP contribution in [0, 0.1) is 23.7 Å². The van der Waals surface area contributed by atoms with Gasteiger partial charge in [-0.15, -0.1) is 0 Å². The summed E-state index contributed by atoms with van der Waals surface area (Å²) in [4.78, 5) is 40.6. The van der Waals surface area contributed by atoms with Crippen LogP contribution < -0.4 is 9.62 Å². The smallest absolute Gasteiger partial charge is 0.241 e. The van der Waals surface area contributed by atoms with E-state index in [1.165, 1.54) is 11.0 Å². The number of carbonyl (C=O) groups is 3. The zero-order valence-electron chi connectivity index (χ0n) is 18.3. The molecule has 1 heterocycles. The molecule has 4 atom stereocenters. The number of fused-ring (bicyclic) bond motifs is 3. The molecule has 6 rings (SSSR count). The first kappa shape index (κ1) is 21.3. The van der Waals surface area contributed by atoms with Gasteiger partial charge < -0.3 is 0 Å². The van der Waals surface area contributed by atoms with E-state index in [9.17, 15) is 22.8 Å². The second kappa shape index (κ2) is 6.96. The number of hydrogen-bond acceptors (Lipinski definition) is 5. The van der Waals surface area contributed by atoms with Crippen LogP contribution in [-0.4, -0.2) is 31.6 Å². The van der Waals surface area contributed by atoms with Gasteiger partial charge in [0.25, 0.3) is 0 Å². The molecule has 4 fully saturated rings. The fourth-order valence-corrected chi connectivity index (χ4v) is 7.41. The van der Waals surface area contributed by atoms with Crippen LogP contribution in [0.1, 0.15) is 40.0 Å². The number of amides is 2. The Morgan fingerprint density at radius 1 is 0.906 bits per heavy atom. The third kappa shape index (κ3) is 3.11. The average Bonchev–Trinajstić information content (AvgIpc) is 2.98. The summed E-state index contributed by atoms with van der Waals surface area (Å²) in [6, 6.07) is 9.88. The molecular weight excluding hydrogens is 428 g/mol. The molecule has 2 amide bonds. The minimum absolute atomic E-state index is 0.0825. The summed E-state index contributed by atoms with van der Waals surface area (Å²) in [5.41, 5.74) is -0.285. The molecule has 0 radical (unpaired) electrons. The summed E-state index contributed by atoms with van der Waals surface area (Å²) in [7, 11) is -3.83. The fraction of sp³-hybridized carbons (Fsp3) is 0.458. The number of anilines is 1. The van der Waals surface area contributed by atoms with Crippen LogP contribution in [0.4, 0.5) is 5.69 Å². The highest BCUT2D eigenvalue weighted by Crippen LogP contribution is 2.52. The molecule has 1 aliphatic heterocycles. The maximum Gasteiger partial charge on any atom is 0.241 e. The lowest BCUT2D eigenvalue weighted by Gasteiger charge is -2.41. The van der Waals surface area contributed by atoms with Crippen LogP contribution in [-0.2, 0) is 24.4 Å². The van der Waals surface area contributed by atoms with Gasteiger partial charge in [0, 0.05) is 28.7 Å². The predicted molar refractivity (Wildman–Crippen MR) is 119 cm³/mol. The number of hydrogen-bond donors (Lipinski definition) is 1. The number of imide groups is 1. The van der Waals surface area contributed by atoms with Gasteiger partial charge in [-0.2, -0.15) is 0 Å². The number of carbonyl (C=O) groups excluding carboxylic acids is 3. The van der Waals surface area contributed by atoms with Gasteiger partial charge in [0.2, 0.25) is 21.8 Å². The van der Waals surface area contributed by atoms with Gasteiger partial charge in [0.15, 0.2) is 0 Å². The van der Waals surface area contributed by atoms with Crippen molar-refractivity contribution in [3.05, 3.63) is 36.4 Å². The molecule has 4 aliphatic rings. The van der Waals surface area contributed by atoms with Crippen molar-refractivity contribution in [1.29, 1.82) is 0 Å². The van der Waals surface area contributed by atoms with E-state index in [0.717, 1.165) is 6.42 Å². The molecule has 1 N–H and O–H groups in total. The van der Waals surface area contributed by atoms with Gasteiger partial charge in [-0.3, -0.25) is 14.4 Å². The first-order valence-corrected chi connectivity index (χ1v) is 12.4. The second-order valence-electron chi connectivity index (χ2n) is 10.2. The Bertz CT molecular complexity index is 1280. The molecule has 2 aromatic rings. The van der Waals surface area contributed by atoms with E-state index in [4.69, 9.17) is 0 Å². The number of Topliss-reactive ketones (excluding diaryl/α,β-unsaturated/α-hetero) is 1. The summed E-state index contributed by atoms with van der Waals surface area (Å²) in [6.07, 6.45) is 1.82. The molecule has 8 heteroatoms. The maximum atomic E-state index is 13.4. The highest BCUT2D eigenvalue weighted by Gasteiger charge is 2.61. The highest BCUT2D eigenvalue weighted by atomic mass is 32.2. The molecule has 2 bridgehead atoms. The van der Waals surface area contributed by atoms with Crippen LogP contribution in [0.3, 0.4) is 0 Å². The van der Waals surface area contributed by atoms with Crippen molar-refractivity contribution < 1.29 is 22.8 Å². The third-order valence-corrected chi connectivity index (χ3v) is 8.71. The quantitative estimate of drug-likeness (QED) is 0.719. The first-order valence-electron chi connectivity index (χ1n) is 11.0. The van der Waals surface area contributed by atoms with Gasteiger partial charge in [-0.1, -0.05) is 24.3 Å². The highest BCUT2D eigenvalue weighted by molar-refractivity contribution is 7.89. The molecule has 0 aromatic heterocycles. The summed E-state index contributed by atoms with van der Waals surface area (Å²) < 4.78 is 28.8. The number of sulfonamides is 1. The van der Waals surface area contributed by atoms with E-state index in [-0.39, 0.29) is 34.3 Å². The van der Waals surface area contributed by atoms with Crippen molar-refractivity contribution in [2.45, 2.75) is 50.5 Å². The van der Waals surface area contributed by atoms with Crippen LogP contribution in [0.15, 0.2) is 41.3 Å². The number of nitrogens with zero attached hydrogens (tertiary/aromatic N) is 1. The molecule has 2 aromatic carbocycles. The van der Waals surface area contributed by atoms with Crippen molar-refractivity contribution in [3.63, 3.8) is 0 Å². The molecular formula is C24H26N2O5S. The fourth-order valence-electron chi connectivity index (χ4n) is 5.77. The van der Waals surface area contributed by atoms with Gasteiger partial charge in [-0.05, 0) is 51.7 Å². The monoisotopic (exact) mass is 454 g/mol. The summed E-state index contributed by atoms with van der Waals surface area (Å²) in [5.74, 6) is -2.03. The molecule has 32 heavy (non-hydrogen) atoms. The van der Waals surface area contributed by atoms with Crippen molar-refractivity contribution in [2.75, 3.05) is 4.90 Å². The Kier molecular flexibility index (Phi) is 4.63. The first-order chi connectivity index (χ1) is 15.0. The molecule has 1 saturated heterocycles. The largest absolute Gasteiger partial charge is 0.299 e. The lowest BCUT2D eigenvalue weighted by molar-refractivity contribution is -0.143. The van der Waals surface area contributed by atoms with Crippen molar-refractivity contribution >= 4 is 44.1 Å². The van der Waals surface area contributed by atoms with Crippen molar-refractivity contribution in [1.82, 2.24) is 4.72 Å². The number of nitrogens with one attached hydrogen (secondary N) is 1. The van der Waals surface area contributed by atoms with E-state index in [1.54, 1.807) is 51.1 Å². The average molecular weight is 455 g/mol. The molecule has 7 nitrogen and oxygen atoms in total. The molecule has 3 saturated carbocycles. The summed E-state index contributed by atoms with van der Waals surface area (Å²) in [6.45, 7) is 5.29. The zero-order chi connectivity index (χ0) is 23.0. The lowest BCUT2D eigenvalue weighted by Crippen LogP contribution is -2.46. The Hall–Kier alpha value is -2.58. The number of rotatable bonds is 3. The standard InChI is InChI=1S/C24H26N2O5S/c1-24(2,3)25-32(30,31)19-9-5-6-14-15(19)7-4-8-17(14)26-22(28)20-13-10-11-16(18(27)12-13)21(20)23(26)29/h4-9,13,16,20-21,25H,10-12H2,1-3H3/t13-,16+,20+,21-/m0/s1. The van der Waals surface area contributed by atoms with Gasteiger partial charge >= 0.3 is 0 Å². The van der Waals surface area contributed by atoms with E-state index in [1.807, 2.05) is 0 Å². The van der Waals surface area contributed by atoms with Crippen LogP contribution >= 0.6 is 0 Å². The molecule has 0 spiro atoms. The third-order valence-electron chi connectivity index (χ3n) is 6.89.